The number of rotatable bonds is 5. The Labute approximate surface area is 100 Å². The average Bonchev–Trinajstić information content (AvgIpc) is 2.36. The Morgan fingerprint density at radius 2 is 1.94 bits per heavy atom. The second kappa shape index (κ2) is 5.50. The molecule has 0 aromatic heterocycles. The SMILES string of the molecule is O=C(NCC(F)(F)CO)c1ccc([N+](=O)[O-])cc1. The summed E-state index contributed by atoms with van der Waals surface area (Å²) in [6.45, 7) is -2.37. The van der Waals surface area contributed by atoms with Crippen LogP contribution in [0.2, 0.25) is 0 Å². The lowest BCUT2D eigenvalue weighted by molar-refractivity contribution is -0.384. The van der Waals surface area contributed by atoms with E-state index in [9.17, 15) is 23.7 Å². The lowest BCUT2D eigenvalue weighted by Gasteiger charge is -2.13. The van der Waals surface area contributed by atoms with Crippen LogP contribution in [0.1, 0.15) is 10.4 Å². The van der Waals surface area contributed by atoms with Crippen molar-refractivity contribution >= 4 is 11.6 Å². The van der Waals surface area contributed by atoms with Gasteiger partial charge in [0, 0.05) is 17.7 Å². The number of non-ortho nitro benzene ring substituents is 1. The molecule has 18 heavy (non-hydrogen) atoms. The standard InChI is InChI=1S/C10H10F2N2O4/c11-10(12,6-15)5-13-9(16)7-1-3-8(4-2-7)14(17)18/h1-4,15H,5-6H2,(H,13,16). The minimum atomic E-state index is -3.39. The van der Waals surface area contributed by atoms with Gasteiger partial charge in [0.25, 0.3) is 17.5 Å². The molecule has 0 saturated carbocycles. The van der Waals surface area contributed by atoms with Gasteiger partial charge >= 0.3 is 0 Å². The summed E-state index contributed by atoms with van der Waals surface area (Å²) in [5.74, 6) is -4.19. The first-order valence-corrected chi connectivity index (χ1v) is 4.87. The zero-order valence-corrected chi connectivity index (χ0v) is 9.10. The largest absolute Gasteiger partial charge is 0.390 e. The minimum absolute atomic E-state index is 0.0225. The van der Waals surface area contributed by atoms with Crippen molar-refractivity contribution < 1.29 is 23.6 Å². The molecule has 0 bridgehead atoms. The zero-order chi connectivity index (χ0) is 13.8. The van der Waals surface area contributed by atoms with E-state index in [1.165, 1.54) is 0 Å². The topological polar surface area (TPSA) is 92.5 Å². The molecule has 0 radical (unpaired) electrons. The number of aliphatic hydroxyl groups excluding tert-OH is 1. The number of amides is 1. The van der Waals surface area contributed by atoms with E-state index >= 15 is 0 Å². The third-order valence-corrected chi connectivity index (χ3v) is 2.08. The molecule has 0 atom stereocenters. The summed E-state index contributed by atoms with van der Waals surface area (Å²) in [7, 11) is 0. The first-order chi connectivity index (χ1) is 8.35. The van der Waals surface area contributed by atoms with Crippen molar-refractivity contribution in [2.45, 2.75) is 5.92 Å². The van der Waals surface area contributed by atoms with Crippen LogP contribution in [0.15, 0.2) is 24.3 Å². The number of carbonyl (C=O) groups excluding carboxylic acids is 1. The number of aliphatic hydroxyl groups is 1. The summed E-state index contributed by atoms with van der Waals surface area (Å²) in [4.78, 5) is 21.1. The molecule has 0 spiro atoms. The summed E-state index contributed by atoms with van der Waals surface area (Å²) in [6.07, 6.45) is 0. The van der Waals surface area contributed by atoms with Gasteiger partial charge in [-0.3, -0.25) is 14.9 Å². The van der Waals surface area contributed by atoms with Gasteiger partial charge in [-0.2, -0.15) is 0 Å². The van der Waals surface area contributed by atoms with Gasteiger partial charge in [-0.25, -0.2) is 8.78 Å². The molecule has 8 heteroatoms. The molecular formula is C10H10F2N2O4. The third-order valence-electron chi connectivity index (χ3n) is 2.08. The van der Waals surface area contributed by atoms with E-state index in [4.69, 9.17) is 5.11 Å². The van der Waals surface area contributed by atoms with Crippen LogP contribution in [-0.4, -0.2) is 35.0 Å². The molecule has 0 aliphatic rings. The summed E-state index contributed by atoms with van der Waals surface area (Å²) in [5, 5.41) is 20.6. The molecule has 1 rings (SSSR count). The van der Waals surface area contributed by atoms with Crippen LogP contribution in [0.3, 0.4) is 0 Å². The highest BCUT2D eigenvalue weighted by atomic mass is 19.3. The van der Waals surface area contributed by atoms with E-state index in [0.29, 0.717) is 0 Å². The van der Waals surface area contributed by atoms with E-state index in [2.05, 4.69) is 0 Å². The van der Waals surface area contributed by atoms with Gasteiger partial charge in [-0.1, -0.05) is 0 Å². The summed E-state index contributed by atoms with van der Waals surface area (Å²) in [5.41, 5.74) is -0.179. The van der Waals surface area contributed by atoms with Gasteiger partial charge in [-0.05, 0) is 12.1 Å². The predicted molar refractivity (Wildman–Crippen MR) is 57.5 cm³/mol. The van der Waals surface area contributed by atoms with Gasteiger partial charge in [0.15, 0.2) is 0 Å². The Balaban J connectivity index is 2.65. The Morgan fingerprint density at radius 1 is 1.39 bits per heavy atom. The summed E-state index contributed by atoms with van der Waals surface area (Å²) < 4.78 is 25.3. The molecule has 0 saturated heterocycles. The molecule has 1 aromatic rings. The van der Waals surface area contributed by atoms with Crippen LogP contribution < -0.4 is 5.32 Å². The number of carbonyl (C=O) groups is 1. The zero-order valence-electron chi connectivity index (χ0n) is 9.10. The van der Waals surface area contributed by atoms with Crippen LogP contribution in [0.5, 0.6) is 0 Å². The highest BCUT2D eigenvalue weighted by molar-refractivity contribution is 5.94. The van der Waals surface area contributed by atoms with Gasteiger partial charge in [-0.15, -0.1) is 0 Å². The number of nitro groups is 1. The van der Waals surface area contributed by atoms with Crippen LogP contribution >= 0.6 is 0 Å². The number of benzene rings is 1. The first-order valence-electron chi connectivity index (χ1n) is 4.87. The fourth-order valence-electron chi connectivity index (χ4n) is 1.10. The monoisotopic (exact) mass is 260 g/mol. The number of hydrogen-bond donors (Lipinski definition) is 2. The quantitative estimate of drug-likeness (QED) is 0.609. The molecule has 2 N–H and O–H groups in total. The average molecular weight is 260 g/mol. The molecule has 98 valence electrons. The summed E-state index contributed by atoms with van der Waals surface area (Å²) in [6, 6.07) is 4.51. The fraction of sp³-hybridized carbons (Fsp3) is 0.300. The summed E-state index contributed by atoms with van der Waals surface area (Å²) >= 11 is 0. The molecule has 0 fully saturated rings. The van der Waals surface area contributed by atoms with E-state index in [0.717, 1.165) is 24.3 Å². The van der Waals surface area contributed by atoms with Gasteiger partial charge < -0.3 is 10.4 Å². The number of nitro benzene ring substituents is 1. The Kier molecular flexibility index (Phi) is 4.27. The molecule has 0 heterocycles. The Morgan fingerprint density at radius 3 is 2.39 bits per heavy atom. The molecule has 1 aromatic carbocycles. The number of nitrogens with zero attached hydrogens (tertiary/aromatic N) is 1. The smallest absolute Gasteiger partial charge is 0.287 e. The second-order valence-electron chi connectivity index (χ2n) is 3.50. The van der Waals surface area contributed by atoms with E-state index in [1.807, 2.05) is 5.32 Å². The lowest BCUT2D eigenvalue weighted by atomic mass is 10.2. The van der Waals surface area contributed by atoms with E-state index < -0.39 is 29.9 Å². The molecule has 0 aliphatic carbocycles. The minimum Gasteiger partial charge on any atom is -0.390 e. The van der Waals surface area contributed by atoms with Crippen molar-refractivity contribution in [3.8, 4) is 0 Å². The van der Waals surface area contributed by atoms with E-state index in [1.54, 1.807) is 0 Å². The van der Waals surface area contributed by atoms with Crippen molar-refractivity contribution in [1.82, 2.24) is 5.32 Å². The van der Waals surface area contributed by atoms with Crippen LogP contribution in [0.4, 0.5) is 14.5 Å². The molecule has 6 nitrogen and oxygen atoms in total. The molecule has 0 unspecified atom stereocenters. The molecule has 1 amide bonds. The van der Waals surface area contributed by atoms with Crippen molar-refractivity contribution in [1.29, 1.82) is 0 Å². The van der Waals surface area contributed by atoms with Crippen molar-refractivity contribution in [2.24, 2.45) is 0 Å². The van der Waals surface area contributed by atoms with Gasteiger partial charge in [0.1, 0.15) is 6.61 Å². The van der Waals surface area contributed by atoms with Crippen LogP contribution in [-0.2, 0) is 0 Å². The maximum absolute atomic E-state index is 12.6. The third kappa shape index (κ3) is 3.74. The normalized spacial score (nSPS) is 11.1. The fourth-order valence-corrected chi connectivity index (χ4v) is 1.10. The maximum Gasteiger partial charge on any atom is 0.287 e. The number of halogens is 2. The molecule has 0 aliphatic heterocycles. The van der Waals surface area contributed by atoms with E-state index in [-0.39, 0.29) is 11.3 Å². The Hall–Kier alpha value is -2.09. The highest BCUT2D eigenvalue weighted by Gasteiger charge is 2.28. The Bertz CT molecular complexity index is 448. The van der Waals surface area contributed by atoms with Gasteiger partial charge in [0.05, 0.1) is 11.5 Å². The first kappa shape index (κ1) is 14.0. The number of alkyl halides is 2. The number of nitrogens with one attached hydrogen (secondary N) is 1. The highest BCUT2D eigenvalue weighted by Crippen LogP contribution is 2.13. The van der Waals surface area contributed by atoms with Crippen molar-refractivity contribution in [3.05, 3.63) is 39.9 Å². The van der Waals surface area contributed by atoms with Crippen LogP contribution in [0.25, 0.3) is 0 Å². The lowest BCUT2D eigenvalue weighted by Crippen LogP contribution is -2.38. The van der Waals surface area contributed by atoms with Crippen molar-refractivity contribution in [2.75, 3.05) is 13.2 Å². The number of hydrogen-bond acceptors (Lipinski definition) is 4. The van der Waals surface area contributed by atoms with Crippen LogP contribution in [0, 0.1) is 10.1 Å². The van der Waals surface area contributed by atoms with Crippen molar-refractivity contribution in [3.63, 3.8) is 0 Å². The predicted octanol–water partition coefficient (Wildman–Crippen LogP) is 0.952. The molecular weight excluding hydrogens is 250 g/mol. The second-order valence-corrected chi connectivity index (χ2v) is 3.50. The van der Waals surface area contributed by atoms with Gasteiger partial charge in [0.2, 0.25) is 0 Å². The maximum atomic E-state index is 12.6.